The molecule has 0 unspecified atom stereocenters. The lowest BCUT2D eigenvalue weighted by Gasteiger charge is -2.10. The Morgan fingerprint density at radius 3 is 2.68 bits per heavy atom. The van der Waals surface area contributed by atoms with Gasteiger partial charge >= 0.3 is 0 Å². The summed E-state index contributed by atoms with van der Waals surface area (Å²) in [4.78, 5) is 28.4. The molecule has 28 heavy (non-hydrogen) atoms. The molecule has 0 bridgehead atoms. The topological polar surface area (TPSA) is 68.3 Å². The maximum Gasteiger partial charge on any atom is 0.257 e. The minimum Gasteiger partial charge on any atom is -0.439 e. The number of halogens is 2. The van der Waals surface area contributed by atoms with Crippen LogP contribution in [0.2, 0.25) is 10.0 Å². The first-order valence-corrected chi connectivity index (χ1v) is 9.32. The number of hydrogen-bond donors (Lipinski definition) is 1. The highest BCUT2D eigenvalue weighted by Crippen LogP contribution is 2.33. The van der Waals surface area contributed by atoms with Gasteiger partial charge in [-0.1, -0.05) is 35.3 Å². The zero-order valence-corrected chi connectivity index (χ0v) is 16.1. The molecule has 1 aromatic heterocycles. The number of hydrogen-bond acceptors (Lipinski definition) is 4. The van der Waals surface area contributed by atoms with Gasteiger partial charge in [-0.05, 0) is 36.8 Å². The van der Waals surface area contributed by atoms with Crippen molar-refractivity contribution in [3.63, 3.8) is 0 Å². The molecule has 1 heterocycles. The number of carbonyl (C=O) groups excluding carboxylic acids is 2. The molecule has 7 heteroatoms. The molecule has 1 N–H and O–H groups in total. The van der Waals surface area contributed by atoms with Crippen LogP contribution in [-0.4, -0.2) is 16.7 Å². The van der Waals surface area contributed by atoms with Gasteiger partial charge in [-0.3, -0.25) is 9.59 Å². The highest BCUT2D eigenvalue weighted by molar-refractivity contribution is 6.37. The van der Waals surface area contributed by atoms with E-state index in [4.69, 9.17) is 27.9 Å². The first kappa shape index (κ1) is 18.5. The van der Waals surface area contributed by atoms with E-state index in [2.05, 4.69) is 10.3 Å². The third-order valence-electron chi connectivity index (χ3n) is 4.42. The molecule has 1 amide bonds. The van der Waals surface area contributed by atoms with Crippen LogP contribution in [0.3, 0.4) is 0 Å². The normalized spacial score (nSPS) is 12.6. The summed E-state index contributed by atoms with van der Waals surface area (Å²) in [5.74, 6) is 0.764. The predicted molar refractivity (Wildman–Crippen MR) is 108 cm³/mol. The molecular formula is C21H14Cl2N2O3. The van der Waals surface area contributed by atoms with Crippen molar-refractivity contribution in [2.75, 3.05) is 5.32 Å². The predicted octanol–water partition coefficient (Wildman–Crippen LogP) is 5.56. The second-order valence-corrected chi connectivity index (χ2v) is 7.11. The van der Waals surface area contributed by atoms with E-state index in [-0.39, 0.29) is 16.7 Å². The van der Waals surface area contributed by atoms with Gasteiger partial charge in [0.05, 0.1) is 22.5 Å². The molecule has 0 fully saturated rings. The molecule has 0 spiro atoms. The molecule has 0 aliphatic heterocycles. The molecule has 1 aliphatic carbocycles. The number of ketones is 1. The summed E-state index contributed by atoms with van der Waals surface area (Å²) in [5.41, 5.74) is 2.43. The van der Waals surface area contributed by atoms with Crippen LogP contribution in [0.1, 0.15) is 32.7 Å². The van der Waals surface area contributed by atoms with Gasteiger partial charge in [-0.25, -0.2) is 4.98 Å². The third-order valence-corrected chi connectivity index (χ3v) is 4.97. The molecule has 5 nitrogen and oxygen atoms in total. The lowest BCUT2D eigenvalue weighted by Crippen LogP contribution is -2.12. The summed E-state index contributed by atoms with van der Waals surface area (Å²) < 4.78 is 5.83. The van der Waals surface area contributed by atoms with Crippen LogP contribution in [0.25, 0.3) is 0 Å². The zero-order chi connectivity index (χ0) is 19.7. The van der Waals surface area contributed by atoms with Crippen LogP contribution >= 0.6 is 23.2 Å². The van der Waals surface area contributed by atoms with Gasteiger partial charge in [-0.2, -0.15) is 0 Å². The number of benzene rings is 2. The number of amides is 1. The van der Waals surface area contributed by atoms with Crippen molar-refractivity contribution in [3.05, 3.63) is 81.5 Å². The fourth-order valence-corrected chi connectivity index (χ4v) is 3.55. The summed E-state index contributed by atoms with van der Waals surface area (Å²) in [6, 6.07) is 13.4. The van der Waals surface area contributed by atoms with Crippen LogP contribution in [0.15, 0.2) is 54.7 Å². The number of Topliss-reactive ketones (excluding diaryl/α,β-unsaturated/α-hetero) is 1. The summed E-state index contributed by atoms with van der Waals surface area (Å²) in [7, 11) is 0. The highest BCUT2D eigenvalue weighted by atomic mass is 35.5. The number of ether oxygens (including phenoxy) is 1. The standard InChI is InChI=1S/C21H14Cl2N2O3/c22-12-4-6-16(17(23)10-12)21(27)25-13-5-9-20(24-11-13)28-19-3-1-2-14-15(19)7-8-18(14)26/h1-6,9-11H,7-8H2,(H,25,27). The minimum absolute atomic E-state index is 0.132. The van der Waals surface area contributed by atoms with E-state index in [0.29, 0.717) is 46.3 Å². The van der Waals surface area contributed by atoms with Crippen LogP contribution in [0.5, 0.6) is 11.6 Å². The summed E-state index contributed by atoms with van der Waals surface area (Å²) in [5, 5.41) is 3.45. The zero-order valence-electron chi connectivity index (χ0n) is 14.5. The average molecular weight is 413 g/mol. The Morgan fingerprint density at radius 2 is 1.93 bits per heavy atom. The van der Waals surface area contributed by atoms with Crippen molar-refractivity contribution in [1.29, 1.82) is 0 Å². The third kappa shape index (κ3) is 3.72. The van der Waals surface area contributed by atoms with Gasteiger partial charge < -0.3 is 10.1 Å². The summed E-state index contributed by atoms with van der Waals surface area (Å²) in [6.07, 6.45) is 2.66. The Morgan fingerprint density at radius 1 is 1.07 bits per heavy atom. The largest absolute Gasteiger partial charge is 0.439 e. The molecule has 4 rings (SSSR count). The van der Waals surface area contributed by atoms with Crippen molar-refractivity contribution in [2.45, 2.75) is 12.8 Å². The quantitative estimate of drug-likeness (QED) is 0.608. The monoisotopic (exact) mass is 412 g/mol. The van der Waals surface area contributed by atoms with E-state index in [1.54, 1.807) is 30.3 Å². The van der Waals surface area contributed by atoms with Gasteiger partial charge in [0, 0.05) is 28.6 Å². The number of nitrogens with zero attached hydrogens (tertiary/aromatic N) is 1. The lowest BCUT2D eigenvalue weighted by atomic mass is 10.1. The van der Waals surface area contributed by atoms with E-state index < -0.39 is 0 Å². The molecular weight excluding hydrogens is 399 g/mol. The van der Waals surface area contributed by atoms with E-state index in [0.717, 1.165) is 5.56 Å². The highest BCUT2D eigenvalue weighted by Gasteiger charge is 2.23. The number of pyridine rings is 1. The fourth-order valence-electron chi connectivity index (χ4n) is 3.05. The van der Waals surface area contributed by atoms with E-state index in [9.17, 15) is 9.59 Å². The molecule has 0 radical (unpaired) electrons. The Bertz CT molecular complexity index is 1080. The van der Waals surface area contributed by atoms with Gasteiger partial charge in [-0.15, -0.1) is 0 Å². The van der Waals surface area contributed by atoms with Crippen molar-refractivity contribution in [3.8, 4) is 11.6 Å². The number of rotatable bonds is 4. The maximum atomic E-state index is 12.4. The second kappa shape index (κ2) is 7.62. The Hall–Kier alpha value is -2.89. The van der Waals surface area contributed by atoms with Gasteiger partial charge in [0.2, 0.25) is 5.88 Å². The average Bonchev–Trinajstić information content (AvgIpc) is 3.05. The van der Waals surface area contributed by atoms with Gasteiger partial charge in [0.15, 0.2) is 5.78 Å². The molecule has 3 aromatic rings. The first-order chi connectivity index (χ1) is 13.5. The summed E-state index contributed by atoms with van der Waals surface area (Å²) >= 11 is 11.9. The van der Waals surface area contributed by atoms with Crippen LogP contribution in [0, 0.1) is 0 Å². The van der Waals surface area contributed by atoms with Crippen LogP contribution < -0.4 is 10.1 Å². The number of anilines is 1. The molecule has 0 saturated carbocycles. The SMILES string of the molecule is O=C(Nc1ccc(Oc2cccc3c2CCC3=O)nc1)c1ccc(Cl)cc1Cl. The first-order valence-electron chi connectivity index (χ1n) is 8.56. The Balaban J connectivity index is 1.48. The Labute approximate surface area is 171 Å². The molecule has 0 atom stereocenters. The van der Waals surface area contributed by atoms with Crippen molar-refractivity contribution >= 4 is 40.6 Å². The Kier molecular flexibility index (Phi) is 5.03. The number of aromatic nitrogens is 1. The van der Waals surface area contributed by atoms with Crippen molar-refractivity contribution < 1.29 is 14.3 Å². The maximum absolute atomic E-state index is 12.4. The second-order valence-electron chi connectivity index (χ2n) is 6.27. The van der Waals surface area contributed by atoms with E-state index in [1.165, 1.54) is 12.3 Å². The number of carbonyl (C=O) groups is 2. The minimum atomic E-state index is -0.364. The molecule has 0 saturated heterocycles. The molecule has 1 aliphatic rings. The number of nitrogens with one attached hydrogen (secondary N) is 1. The molecule has 2 aromatic carbocycles. The van der Waals surface area contributed by atoms with E-state index >= 15 is 0 Å². The summed E-state index contributed by atoms with van der Waals surface area (Å²) in [6.45, 7) is 0. The van der Waals surface area contributed by atoms with Gasteiger partial charge in [0.25, 0.3) is 5.91 Å². The fraction of sp³-hybridized carbons (Fsp3) is 0.0952. The van der Waals surface area contributed by atoms with E-state index in [1.807, 2.05) is 12.1 Å². The number of fused-ring (bicyclic) bond motifs is 1. The van der Waals surface area contributed by atoms with Gasteiger partial charge in [0.1, 0.15) is 5.75 Å². The van der Waals surface area contributed by atoms with Crippen LogP contribution in [0.4, 0.5) is 5.69 Å². The van der Waals surface area contributed by atoms with Crippen molar-refractivity contribution in [2.24, 2.45) is 0 Å². The smallest absolute Gasteiger partial charge is 0.257 e. The molecule has 140 valence electrons. The van der Waals surface area contributed by atoms with Crippen molar-refractivity contribution in [1.82, 2.24) is 4.98 Å². The lowest BCUT2D eigenvalue weighted by molar-refractivity contribution is 0.0992. The van der Waals surface area contributed by atoms with Crippen LogP contribution in [-0.2, 0) is 6.42 Å².